The van der Waals surface area contributed by atoms with Gasteiger partial charge in [-0.1, -0.05) is 116 Å². The van der Waals surface area contributed by atoms with Gasteiger partial charge < -0.3 is 0 Å². The molecule has 0 N–H and O–H groups in total. The Kier molecular flexibility index (Phi) is 2.31. The first-order valence-corrected chi connectivity index (χ1v) is 12.4. The summed E-state index contributed by atoms with van der Waals surface area (Å²) in [6, 6.07) is -19.1. The fourth-order valence-electron chi connectivity index (χ4n) is 4.90. The van der Waals surface area contributed by atoms with E-state index in [9.17, 15) is 13.7 Å². The lowest BCUT2D eigenvalue weighted by Crippen LogP contribution is -2.00. The molecule has 0 saturated heterocycles. The molecule has 0 aliphatic carbocycles. The monoisotopic (exact) mass is 547 g/mol. The first-order valence-electron chi connectivity index (χ1n) is 23.9. The zero-order chi connectivity index (χ0) is 47.4. The first kappa shape index (κ1) is 10.0. The molecule has 0 atom stereocenters. The maximum atomic E-state index is 9.48. The molecule has 0 spiro atoms. The topological polar surface area (TPSA) is 17.8 Å². The van der Waals surface area contributed by atoms with Crippen LogP contribution in [-0.4, -0.2) is 9.55 Å². The molecule has 1 aromatic heterocycles. The first-order chi connectivity index (χ1) is 29.9. The van der Waals surface area contributed by atoms with Crippen LogP contribution in [0.4, 0.5) is 0 Å². The molecule has 0 radical (unpaired) electrons. The quantitative estimate of drug-likeness (QED) is 0.200. The van der Waals surface area contributed by atoms with Gasteiger partial charge >= 0.3 is 0 Å². The smallest absolute Gasteiger partial charge is 0.114 e. The summed E-state index contributed by atoms with van der Waals surface area (Å²) in [5, 5.41) is -3.70. The van der Waals surface area contributed by atoms with Gasteiger partial charge in [-0.25, -0.2) is 4.98 Å². The number of hydrogen-bond donors (Lipinski definition) is 0. The molecular weight excluding hydrogens is 496 g/mol. The van der Waals surface area contributed by atoms with Gasteiger partial charge in [0.2, 0.25) is 0 Å². The molecular formula is C39H28N2. The van der Waals surface area contributed by atoms with Crippen LogP contribution in [0.1, 0.15) is 44.3 Å². The van der Waals surface area contributed by atoms with Gasteiger partial charge in [0.05, 0.1) is 42.6 Å². The highest BCUT2D eigenvalue weighted by molar-refractivity contribution is 6.21. The van der Waals surface area contributed by atoms with Gasteiger partial charge in [-0.3, -0.25) is 4.57 Å². The predicted molar refractivity (Wildman–Crippen MR) is 174 cm³/mol. The number of para-hydroxylation sites is 2. The van der Waals surface area contributed by atoms with Crippen molar-refractivity contribution in [3.63, 3.8) is 0 Å². The summed E-state index contributed by atoms with van der Waals surface area (Å²) >= 11 is 0. The number of aryl methyl sites for hydroxylation is 1. The summed E-state index contributed by atoms with van der Waals surface area (Å²) in [5.74, 6) is 0.0189. The predicted octanol–water partition coefficient (Wildman–Crippen LogP) is 10.4. The van der Waals surface area contributed by atoms with E-state index in [-0.39, 0.29) is 23.3 Å². The summed E-state index contributed by atoms with van der Waals surface area (Å²) in [6.07, 6.45) is 0.0294. The van der Waals surface area contributed by atoms with E-state index in [2.05, 4.69) is 4.98 Å². The van der Waals surface area contributed by atoms with E-state index in [0.717, 1.165) is 4.57 Å². The lowest BCUT2D eigenvalue weighted by Gasteiger charge is -2.18. The standard InChI is InChI=1S/C39H28N2/c1-2-37-40-35-17-9-10-18-36(35)41(37)30-23-21-27(22-24-30)38-31-13-5-7-15-33(31)39(34-16-8-6-14-32(34)38)29-20-19-26-11-3-4-12-28(26)25-29/h3-25H,2H2,1H3/i3D,4D,5D,6D,7D,8D,9D,10D,11D,12D,13D,14D,15D,16D,17D,18D,19D,20D,21D,22D,23D,24D,25D. The third-order valence-electron chi connectivity index (χ3n) is 6.65. The van der Waals surface area contributed by atoms with Crippen LogP contribution in [0.3, 0.4) is 0 Å². The van der Waals surface area contributed by atoms with Crippen molar-refractivity contribution >= 4 is 43.4 Å². The summed E-state index contributed by atoms with van der Waals surface area (Å²) in [5.41, 5.74) is -3.75. The Balaban J connectivity index is 1.67. The van der Waals surface area contributed by atoms with Gasteiger partial charge in [0.25, 0.3) is 0 Å². The molecule has 194 valence electrons. The van der Waals surface area contributed by atoms with Crippen LogP contribution in [-0.2, 0) is 6.42 Å². The molecule has 0 saturated carbocycles. The SMILES string of the molecule is [2H]c1c([2H])c(-n2c(CC)nc3c([2H])c([2H])c([2H])c([2H])c32)c([2H])c([2H])c1-c1c2c([2H])c([2H])c([2H])c([2H])c2c(-c2c([2H])c([2H])c3c([2H])c([2H])c([2H])c([2H])c3c2[2H])c2c([2H])c([2H])c([2H])c([2H])c12. The van der Waals surface area contributed by atoms with E-state index in [1.807, 2.05) is 0 Å². The summed E-state index contributed by atoms with van der Waals surface area (Å²) in [7, 11) is 0. The molecule has 8 rings (SSSR count). The lowest BCUT2D eigenvalue weighted by molar-refractivity contribution is 0.908. The van der Waals surface area contributed by atoms with Crippen molar-refractivity contribution in [3.05, 3.63) is 145 Å². The van der Waals surface area contributed by atoms with Crippen LogP contribution in [0.5, 0.6) is 0 Å². The molecule has 0 bridgehead atoms. The Labute approximate surface area is 271 Å². The van der Waals surface area contributed by atoms with Crippen molar-refractivity contribution < 1.29 is 31.5 Å². The van der Waals surface area contributed by atoms with Crippen molar-refractivity contribution in [1.29, 1.82) is 0 Å². The fraction of sp³-hybridized carbons (Fsp3) is 0.0513. The maximum absolute atomic E-state index is 9.48. The molecule has 0 aliphatic heterocycles. The zero-order valence-electron chi connectivity index (χ0n) is 44.1. The van der Waals surface area contributed by atoms with Crippen LogP contribution in [0, 0.1) is 0 Å². The Morgan fingerprint density at radius 1 is 0.561 bits per heavy atom. The van der Waals surface area contributed by atoms with Crippen molar-refractivity contribution in [1.82, 2.24) is 9.55 Å². The molecule has 0 unspecified atom stereocenters. The van der Waals surface area contributed by atoms with E-state index in [4.69, 9.17) is 17.8 Å². The number of benzene rings is 7. The molecule has 41 heavy (non-hydrogen) atoms. The van der Waals surface area contributed by atoms with Crippen molar-refractivity contribution in [3.8, 4) is 27.9 Å². The number of rotatable bonds is 4. The van der Waals surface area contributed by atoms with E-state index < -0.39 is 199 Å². The molecule has 1 heterocycles. The molecule has 8 aromatic rings. The minimum atomic E-state index is -0.923. The zero-order valence-corrected chi connectivity index (χ0v) is 21.1. The summed E-state index contributed by atoms with van der Waals surface area (Å²) < 4.78 is 206. The van der Waals surface area contributed by atoms with Crippen molar-refractivity contribution in [2.75, 3.05) is 0 Å². The third-order valence-corrected chi connectivity index (χ3v) is 6.65. The molecule has 2 heteroatoms. The minimum absolute atomic E-state index is 0.0189. The van der Waals surface area contributed by atoms with Gasteiger partial charge in [-0.2, -0.15) is 0 Å². The Bertz CT molecular complexity index is 3410. The van der Waals surface area contributed by atoms with E-state index in [0.29, 0.717) is 0 Å². The maximum Gasteiger partial charge on any atom is 0.114 e. The molecule has 7 aromatic carbocycles. The number of hydrogen-bond acceptors (Lipinski definition) is 1. The summed E-state index contributed by atoms with van der Waals surface area (Å²) in [4.78, 5) is 4.36. The number of imidazole rings is 1. The van der Waals surface area contributed by atoms with Crippen molar-refractivity contribution in [2.45, 2.75) is 13.3 Å². The van der Waals surface area contributed by atoms with Crippen LogP contribution in [0.25, 0.3) is 71.3 Å². The van der Waals surface area contributed by atoms with Gasteiger partial charge in [0.15, 0.2) is 0 Å². The largest absolute Gasteiger partial charge is 0.296 e. The van der Waals surface area contributed by atoms with Crippen LogP contribution < -0.4 is 0 Å². The minimum Gasteiger partial charge on any atom is -0.296 e. The van der Waals surface area contributed by atoms with Gasteiger partial charge in [0, 0.05) is 12.1 Å². The molecule has 0 fully saturated rings. The number of nitrogens with zero attached hydrogens (tertiary/aromatic N) is 2. The highest BCUT2D eigenvalue weighted by atomic mass is 15.1. The van der Waals surface area contributed by atoms with Gasteiger partial charge in [-0.15, -0.1) is 0 Å². The average molecular weight is 548 g/mol. The number of aromatic nitrogens is 2. The second-order valence-electron chi connectivity index (χ2n) is 8.89. The van der Waals surface area contributed by atoms with Gasteiger partial charge in [-0.05, 0) is 84.8 Å². The Morgan fingerprint density at radius 3 is 1.76 bits per heavy atom. The van der Waals surface area contributed by atoms with Gasteiger partial charge in [0.1, 0.15) is 5.82 Å². The normalized spacial score (nSPS) is 19.5. The second-order valence-corrected chi connectivity index (χ2v) is 8.89. The highest BCUT2D eigenvalue weighted by Crippen LogP contribution is 2.44. The van der Waals surface area contributed by atoms with Crippen molar-refractivity contribution in [2.24, 2.45) is 0 Å². The van der Waals surface area contributed by atoms with E-state index in [1.165, 1.54) is 0 Å². The highest BCUT2D eigenvalue weighted by Gasteiger charge is 2.17. The average Bonchev–Trinajstić information content (AvgIpc) is 3.65. The van der Waals surface area contributed by atoms with E-state index in [1.54, 1.807) is 6.92 Å². The van der Waals surface area contributed by atoms with Crippen LogP contribution in [0.2, 0.25) is 0 Å². The number of fused-ring (bicyclic) bond motifs is 4. The second kappa shape index (κ2) is 9.46. The van der Waals surface area contributed by atoms with E-state index >= 15 is 0 Å². The fourth-order valence-corrected chi connectivity index (χ4v) is 4.90. The van der Waals surface area contributed by atoms with Crippen LogP contribution >= 0.6 is 0 Å². The Morgan fingerprint density at radius 2 is 1.10 bits per heavy atom. The molecule has 2 nitrogen and oxygen atoms in total. The summed E-state index contributed by atoms with van der Waals surface area (Å²) in [6.45, 7) is 1.61. The molecule has 0 aliphatic rings. The lowest BCUT2D eigenvalue weighted by atomic mass is 9.85. The van der Waals surface area contributed by atoms with Crippen LogP contribution in [0.15, 0.2) is 139 Å². The third kappa shape index (κ3) is 3.76. The molecule has 0 amide bonds. The Hall–Kier alpha value is -5.21.